The zero-order valence-electron chi connectivity index (χ0n) is 10.2. The summed E-state index contributed by atoms with van der Waals surface area (Å²) in [5, 5.41) is 6.67. The Kier molecular flexibility index (Phi) is 4.20. The lowest BCUT2D eigenvalue weighted by Crippen LogP contribution is -2.29. The average molecular weight is 249 g/mol. The third kappa shape index (κ3) is 3.33. The van der Waals surface area contributed by atoms with Crippen LogP contribution < -0.4 is 15.5 Å². The largest absolute Gasteiger partial charge is 0.372 e. The van der Waals surface area contributed by atoms with E-state index in [-0.39, 0.29) is 0 Å². The number of thiocarbonyl (C=S) groups is 1. The summed E-state index contributed by atoms with van der Waals surface area (Å²) in [5.74, 6) is 0. The lowest BCUT2D eigenvalue weighted by molar-refractivity contribution is 0.578. The van der Waals surface area contributed by atoms with Crippen LogP contribution >= 0.6 is 12.2 Å². The molecule has 0 spiro atoms. The van der Waals surface area contributed by atoms with Crippen molar-refractivity contribution in [2.24, 2.45) is 0 Å². The zero-order valence-corrected chi connectivity index (χ0v) is 11.0. The van der Waals surface area contributed by atoms with Gasteiger partial charge in [-0.3, -0.25) is 0 Å². The van der Waals surface area contributed by atoms with Crippen LogP contribution in [-0.4, -0.2) is 25.2 Å². The van der Waals surface area contributed by atoms with Gasteiger partial charge in [-0.15, -0.1) is 0 Å². The van der Waals surface area contributed by atoms with Crippen LogP contribution in [0, 0.1) is 0 Å². The molecule has 17 heavy (non-hydrogen) atoms. The maximum absolute atomic E-state index is 5.06. The third-order valence-electron chi connectivity index (χ3n) is 3.07. The van der Waals surface area contributed by atoms with E-state index in [0.29, 0.717) is 5.11 Å². The average Bonchev–Trinajstić information content (AvgIpc) is 2.40. The van der Waals surface area contributed by atoms with E-state index in [1.165, 1.54) is 38.0 Å². The van der Waals surface area contributed by atoms with Crippen molar-refractivity contribution in [1.29, 1.82) is 0 Å². The summed E-state index contributed by atoms with van der Waals surface area (Å²) in [6, 6.07) is 8.47. The minimum Gasteiger partial charge on any atom is -0.372 e. The topological polar surface area (TPSA) is 27.3 Å². The number of nitrogens with zero attached hydrogens (tertiary/aromatic N) is 1. The fourth-order valence-corrected chi connectivity index (χ4v) is 2.22. The van der Waals surface area contributed by atoms with Gasteiger partial charge < -0.3 is 15.5 Å². The lowest BCUT2D eigenvalue weighted by Gasteiger charge is -2.28. The lowest BCUT2D eigenvalue weighted by atomic mass is 10.1. The molecule has 0 bridgehead atoms. The molecule has 0 saturated carbocycles. The molecule has 1 aromatic carbocycles. The Hall–Kier alpha value is -1.29. The van der Waals surface area contributed by atoms with E-state index in [1.807, 2.05) is 7.05 Å². The molecular formula is C13H19N3S. The molecule has 1 saturated heterocycles. The molecular weight excluding hydrogens is 230 g/mol. The number of rotatable bonds is 2. The van der Waals surface area contributed by atoms with Gasteiger partial charge in [0, 0.05) is 31.5 Å². The third-order valence-corrected chi connectivity index (χ3v) is 3.38. The SMILES string of the molecule is CNC(=S)Nc1ccc(N2CCCCC2)cc1. The Morgan fingerprint density at radius 2 is 1.76 bits per heavy atom. The first-order valence-electron chi connectivity index (χ1n) is 6.13. The van der Waals surface area contributed by atoms with Gasteiger partial charge in [-0.1, -0.05) is 0 Å². The maximum Gasteiger partial charge on any atom is 0.170 e. The van der Waals surface area contributed by atoms with Crippen molar-refractivity contribution in [3.8, 4) is 0 Å². The summed E-state index contributed by atoms with van der Waals surface area (Å²) >= 11 is 5.06. The molecule has 0 amide bonds. The van der Waals surface area contributed by atoms with E-state index in [0.717, 1.165) is 5.69 Å². The normalized spacial score (nSPS) is 15.5. The summed E-state index contributed by atoms with van der Waals surface area (Å²) in [6.07, 6.45) is 3.99. The molecule has 4 heteroatoms. The molecule has 2 rings (SSSR count). The number of piperidine rings is 1. The zero-order chi connectivity index (χ0) is 12.1. The predicted molar refractivity (Wildman–Crippen MR) is 77.8 cm³/mol. The molecule has 0 unspecified atom stereocenters. The minimum absolute atomic E-state index is 0.649. The summed E-state index contributed by atoms with van der Waals surface area (Å²) in [6.45, 7) is 2.36. The van der Waals surface area contributed by atoms with Crippen LogP contribution in [0.25, 0.3) is 0 Å². The summed E-state index contributed by atoms with van der Waals surface area (Å²) < 4.78 is 0. The van der Waals surface area contributed by atoms with Crippen molar-refractivity contribution >= 4 is 28.7 Å². The quantitative estimate of drug-likeness (QED) is 0.788. The van der Waals surface area contributed by atoms with Crippen LogP contribution in [0.15, 0.2) is 24.3 Å². The second-order valence-corrected chi connectivity index (χ2v) is 4.71. The molecule has 1 fully saturated rings. The van der Waals surface area contributed by atoms with Crippen LogP contribution in [0.3, 0.4) is 0 Å². The van der Waals surface area contributed by atoms with Crippen molar-refractivity contribution in [3.05, 3.63) is 24.3 Å². The first-order chi connectivity index (χ1) is 8.29. The highest BCUT2D eigenvalue weighted by atomic mass is 32.1. The van der Waals surface area contributed by atoms with Crippen LogP contribution in [0.5, 0.6) is 0 Å². The van der Waals surface area contributed by atoms with E-state index in [9.17, 15) is 0 Å². The molecule has 1 heterocycles. The molecule has 0 radical (unpaired) electrons. The van der Waals surface area contributed by atoms with Gasteiger partial charge in [0.2, 0.25) is 0 Å². The smallest absolute Gasteiger partial charge is 0.170 e. The highest BCUT2D eigenvalue weighted by Crippen LogP contribution is 2.21. The fraction of sp³-hybridized carbons (Fsp3) is 0.462. The first kappa shape index (κ1) is 12.2. The van der Waals surface area contributed by atoms with Crippen molar-refractivity contribution in [2.45, 2.75) is 19.3 Å². The van der Waals surface area contributed by atoms with Crippen LogP contribution in [0.4, 0.5) is 11.4 Å². The van der Waals surface area contributed by atoms with Crippen molar-refractivity contribution < 1.29 is 0 Å². The van der Waals surface area contributed by atoms with Gasteiger partial charge in [0.15, 0.2) is 5.11 Å². The number of anilines is 2. The Morgan fingerprint density at radius 1 is 1.12 bits per heavy atom. The Morgan fingerprint density at radius 3 is 2.35 bits per heavy atom. The molecule has 2 N–H and O–H groups in total. The number of hydrogen-bond acceptors (Lipinski definition) is 2. The van der Waals surface area contributed by atoms with Gasteiger partial charge in [-0.2, -0.15) is 0 Å². The second-order valence-electron chi connectivity index (χ2n) is 4.30. The van der Waals surface area contributed by atoms with Crippen molar-refractivity contribution in [2.75, 3.05) is 30.4 Å². The van der Waals surface area contributed by atoms with Gasteiger partial charge in [-0.25, -0.2) is 0 Å². The summed E-state index contributed by atoms with van der Waals surface area (Å²) in [4.78, 5) is 2.45. The Labute approximate surface area is 108 Å². The van der Waals surface area contributed by atoms with E-state index in [2.05, 4.69) is 39.8 Å². The van der Waals surface area contributed by atoms with Gasteiger partial charge in [0.25, 0.3) is 0 Å². The minimum atomic E-state index is 0.649. The molecule has 1 aromatic rings. The molecule has 0 aliphatic carbocycles. The monoisotopic (exact) mass is 249 g/mol. The molecule has 0 aromatic heterocycles. The van der Waals surface area contributed by atoms with E-state index < -0.39 is 0 Å². The highest BCUT2D eigenvalue weighted by molar-refractivity contribution is 7.80. The van der Waals surface area contributed by atoms with Gasteiger partial charge in [-0.05, 0) is 55.7 Å². The summed E-state index contributed by atoms with van der Waals surface area (Å²) in [7, 11) is 1.82. The van der Waals surface area contributed by atoms with Crippen molar-refractivity contribution in [3.63, 3.8) is 0 Å². The second kappa shape index (κ2) is 5.87. The summed E-state index contributed by atoms with van der Waals surface area (Å²) in [5.41, 5.74) is 2.34. The number of nitrogens with one attached hydrogen (secondary N) is 2. The predicted octanol–water partition coefficient (Wildman–Crippen LogP) is 2.59. The van der Waals surface area contributed by atoms with Gasteiger partial charge >= 0.3 is 0 Å². The number of benzene rings is 1. The van der Waals surface area contributed by atoms with E-state index >= 15 is 0 Å². The van der Waals surface area contributed by atoms with Crippen LogP contribution in [0.2, 0.25) is 0 Å². The fourth-order valence-electron chi connectivity index (χ4n) is 2.10. The van der Waals surface area contributed by atoms with E-state index in [1.54, 1.807) is 0 Å². The number of hydrogen-bond donors (Lipinski definition) is 2. The first-order valence-corrected chi connectivity index (χ1v) is 6.54. The standard InChI is InChI=1S/C13H19N3S/c1-14-13(17)15-11-5-7-12(8-6-11)16-9-3-2-4-10-16/h5-8H,2-4,9-10H2,1H3,(H2,14,15,17). The van der Waals surface area contributed by atoms with Crippen LogP contribution in [-0.2, 0) is 0 Å². The molecule has 92 valence electrons. The van der Waals surface area contributed by atoms with Gasteiger partial charge in [0.1, 0.15) is 0 Å². The molecule has 3 nitrogen and oxygen atoms in total. The molecule has 0 atom stereocenters. The Bertz CT molecular complexity index is 369. The maximum atomic E-state index is 5.06. The van der Waals surface area contributed by atoms with E-state index in [4.69, 9.17) is 12.2 Å². The highest BCUT2D eigenvalue weighted by Gasteiger charge is 2.10. The van der Waals surface area contributed by atoms with Gasteiger partial charge in [0.05, 0.1) is 0 Å². The molecule has 1 aliphatic rings. The Balaban J connectivity index is 1.99. The molecule has 1 aliphatic heterocycles. The van der Waals surface area contributed by atoms with Crippen LogP contribution in [0.1, 0.15) is 19.3 Å². The van der Waals surface area contributed by atoms with Crippen molar-refractivity contribution in [1.82, 2.24) is 5.32 Å².